The number of benzene rings is 3. The fourth-order valence-corrected chi connectivity index (χ4v) is 4.54. The number of rotatable bonds is 7. The predicted octanol–water partition coefficient (Wildman–Crippen LogP) is 5.59. The van der Waals surface area contributed by atoms with Crippen molar-refractivity contribution >= 4 is 34.0 Å². The number of aromatic nitrogens is 1. The van der Waals surface area contributed by atoms with Gasteiger partial charge in [0.15, 0.2) is 0 Å². The molecule has 3 aromatic carbocycles. The molecule has 0 aliphatic carbocycles. The molecule has 4 aromatic rings. The van der Waals surface area contributed by atoms with E-state index in [1.165, 1.54) is 4.90 Å². The number of amides is 1. The van der Waals surface area contributed by atoms with Crippen LogP contribution in [0.15, 0.2) is 84.6 Å². The number of fused-ring (bicyclic) bond motifs is 1. The molecule has 7 nitrogen and oxygen atoms in total. The van der Waals surface area contributed by atoms with Crippen LogP contribution >= 0.6 is 0 Å². The molecule has 1 aromatic heterocycles. The second kappa shape index (κ2) is 9.62. The third-order valence-electron chi connectivity index (χ3n) is 6.31. The molecule has 7 heteroatoms. The van der Waals surface area contributed by atoms with Crippen LogP contribution in [0.2, 0.25) is 0 Å². The van der Waals surface area contributed by atoms with E-state index in [1.54, 1.807) is 37.6 Å². The van der Waals surface area contributed by atoms with Crippen LogP contribution in [0.1, 0.15) is 30.5 Å². The van der Waals surface area contributed by atoms with Gasteiger partial charge in [-0.15, -0.1) is 0 Å². The van der Waals surface area contributed by atoms with E-state index in [-0.39, 0.29) is 11.3 Å². The van der Waals surface area contributed by atoms with E-state index in [0.717, 1.165) is 17.3 Å². The number of aliphatic hydroxyl groups excluding tert-OH is 1. The van der Waals surface area contributed by atoms with Crippen molar-refractivity contribution in [3.8, 4) is 11.5 Å². The summed E-state index contributed by atoms with van der Waals surface area (Å²) >= 11 is 0. The van der Waals surface area contributed by atoms with Crippen molar-refractivity contribution in [2.75, 3.05) is 18.6 Å². The Kier molecular flexibility index (Phi) is 6.21. The summed E-state index contributed by atoms with van der Waals surface area (Å²) in [6.07, 6.45) is 2.53. The molecular weight excluding hydrogens is 456 g/mol. The SMILES string of the molecule is CCCOc1ccc(C2/C(=C(/O)c3c[nH]c4ccccc34)C(=O)C(=O)N2c2ccc(OC)cc2)cc1. The number of para-hydroxylation sites is 1. The molecule has 0 radical (unpaired) electrons. The van der Waals surface area contributed by atoms with E-state index in [2.05, 4.69) is 4.98 Å². The lowest BCUT2D eigenvalue weighted by atomic mass is 9.95. The number of carbonyl (C=O) groups excluding carboxylic acids is 2. The average Bonchev–Trinajstić information content (AvgIpc) is 3.46. The fourth-order valence-electron chi connectivity index (χ4n) is 4.54. The van der Waals surface area contributed by atoms with E-state index >= 15 is 0 Å². The van der Waals surface area contributed by atoms with Crippen LogP contribution in [0.25, 0.3) is 16.7 Å². The van der Waals surface area contributed by atoms with Crippen molar-refractivity contribution < 1.29 is 24.2 Å². The molecule has 1 unspecified atom stereocenters. The summed E-state index contributed by atoms with van der Waals surface area (Å²) in [6.45, 7) is 2.62. The summed E-state index contributed by atoms with van der Waals surface area (Å²) in [4.78, 5) is 31.3. The lowest BCUT2D eigenvalue weighted by Gasteiger charge is -2.25. The lowest BCUT2D eigenvalue weighted by molar-refractivity contribution is -0.132. The first-order chi connectivity index (χ1) is 17.5. The van der Waals surface area contributed by atoms with Gasteiger partial charge in [-0.05, 0) is 54.4 Å². The fraction of sp³-hybridized carbons (Fsp3) is 0.172. The zero-order valence-electron chi connectivity index (χ0n) is 20.0. The molecule has 1 atom stereocenters. The minimum atomic E-state index is -0.827. The third-order valence-corrected chi connectivity index (χ3v) is 6.31. The molecule has 1 fully saturated rings. The quantitative estimate of drug-likeness (QED) is 0.203. The summed E-state index contributed by atoms with van der Waals surface area (Å²) in [6, 6.07) is 20.8. The summed E-state index contributed by atoms with van der Waals surface area (Å²) in [5.74, 6) is -0.359. The molecule has 1 aliphatic rings. The number of H-pyrrole nitrogens is 1. The zero-order chi connectivity index (χ0) is 25.2. The highest BCUT2D eigenvalue weighted by Gasteiger charge is 2.47. The van der Waals surface area contributed by atoms with Gasteiger partial charge in [0, 0.05) is 28.4 Å². The first-order valence-corrected chi connectivity index (χ1v) is 11.8. The second-order valence-corrected chi connectivity index (χ2v) is 8.53. The zero-order valence-corrected chi connectivity index (χ0v) is 20.0. The van der Waals surface area contributed by atoms with Gasteiger partial charge in [0.25, 0.3) is 11.7 Å². The van der Waals surface area contributed by atoms with Crippen molar-refractivity contribution in [3.63, 3.8) is 0 Å². The Morgan fingerprint density at radius 3 is 2.36 bits per heavy atom. The van der Waals surface area contributed by atoms with Crippen LogP contribution in [0.3, 0.4) is 0 Å². The molecule has 2 N–H and O–H groups in total. The van der Waals surface area contributed by atoms with Crippen molar-refractivity contribution in [2.45, 2.75) is 19.4 Å². The van der Waals surface area contributed by atoms with E-state index in [1.807, 2.05) is 55.5 Å². The lowest BCUT2D eigenvalue weighted by Crippen LogP contribution is -2.29. The number of methoxy groups -OCH3 is 1. The van der Waals surface area contributed by atoms with Gasteiger partial charge >= 0.3 is 0 Å². The Hall–Kier alpha value is -4.52. The highest BCUT2D eigenvalue weighted by Crippen LogP contribution is 2.43. The van der Waals surface area contributed by atoms with E-state index < -0.39 is 17.7 Å². The van der Waals surface area contributed by atoms with Crippen LogP contribution < -0.4 is 14.4 Å². The number of ketones is 1. The van der Waals surface area contributed by atoms with E-state index in [4.69, 9.17) is 9.47 Å². The molecule has 182 valence electrons. The number of anilines is 1. The molecule has 2 heterocycles. The maximum Gasteiger partial charge on any atom is 0.300 e. The minimum absolute atomic E-state index is 0.0304. The first kappa shape index (κ1) is 23.2. The standard InChI is InChI=1S/C29H26N2O5/c1-3-16-36-21-12-8-18(9-13-21)26-25(27(32)23-17-30-24-7-5-4-6-22(23)24)28(33)29(34)31(26)19-10-14-20(35-2)15-11-19/h4-15,17,26,30,32H,3,16H2,1-2H3/b27-25-. The summed E-state index contributed by atoms with van der Waals surface area (Å²) in [5, 5.41) is 12.2. The molecule has 1 amide bonds. The molecule has 1 aliphatic heterocycles. The Morgan fingerprint density at radius 2 is 1.67 bits per heavy atom. The maximum absolute atomic E-state index is 13.4. The van der Waals surface area contributed by atoms with Crippen LogP contribution in [-0.2, 0) is 9.59 Å². The van der Waals surface area contributed by atoms with Gasteiger partial charge in [-0.2, -0.15) is 0 Å². The normalized spacial score (nSPS) is 17.1. The highest BCUT2D eigenvalue weighted by molar-refractivity contribution is 6.51. The highest BCUT2D eigenvalue weighted by atomic mass is 16.5. The second-order valence-electron chi connectivity index (χ2n) is 8.53. The molecular formula is C29H26N2O5. The Labute approximate surface area is 208 Å². The first-order valence-electron chi connectivity index (χ1n) is 11.8. The largest absolute Gasteiger partial charge is 0.507 e. The minimum Gasteiger partial charge on any atom is -0.507 e. The van der Waals surface area contributed by atoms with Crippen molar-refractivity contribution in [1.29, 1.82) is 0 Å². The smallest absolute Gasteiger partial charge is 0.300 e. The van der Waals surface area contributed by atoms with Crippen molar-refractivity contribution in [3.05, 3.63) is 95.7 Å². The van der Waals surface area contributed by atoms with Crippen molar-refractivity contribution in [2.24, 2.45) is 0 Å². The summed E-state index contributed by atoms with van der Waals surface area (Å²) in [5.41, 5.74) is 2.51. The number of carbonyl (C=O) groups is 2. The van der Waals surface area contributed by atoms with Crippen LogP contribution in [-0.4, -0.2) is 35.5 Å². The van der Waals surface area contributed by atoms with Gasteiger partial charge in [0.2, 0.25) is 0 Å². The summed E-state index contributed by atoms with van der Waals surface area (Å²) in [7, 11) is 1.56. The number of hydrogen-bond donors (Lipinski definition) is 2. The Morgan fingerprint density at radius 1 is 0.972 bits per heavy atom. The Bertz CT molecular complexity index is 1450. The number of aromatic amines is 1. The van der Waals surface area contributed by atoms with Gasteiger partial charge in [-0.3, -0.25) is 14.5 Å². The molecule has 36 heavy (non-hydrogen) atoms. The van der Waals surface area contributed by atoms with Gasteiger partial charge in [0.1, 0.15) is 17.3 Å². The molecule has 1 saturated heterocycles. The molecule has 0 bridgehead atoms. The molecule has 0 spiro atoms. The predicted molar refractivity (Wildman–Crippen MR) is 138 cm³/mol. The third kappa shape index (κ3) is 3.98. The molecule has 5 rings (SSSR count). The summed E-state index contributed by atoms with van der Waals surface area (Å²) < 4.78 is 11.0. The number of Topliss-reactive ketones (excluding diaryl/α,β-unsaturated/α-hetero) is 1. The maximum atomic E-state index is 13.4. The number of aliphatic hydroxyl groups is 1. The molecule has 0 saturated carbocycles. The topological polar surface area (TPSA) is 91.9 Å². The number of ether oxygens (including phenoxy) is 2. The van der Waals surface area contributed by atoms with Gasteiger partial charge in [-0.25, -0.2) is 0 Å². The van der Waals surface area contributed by atoms with Crippen LogP contribution in [0.4, 0.5) is 5.69 Å². The number of hydrogen-bond acceptors (Lipinski definition) is 5. The van der Waals surface area contributed by atoms with Gasteiger partial charge < -0.3 is 19.6 Å². The van der Waals surface area contributed by atoms with Crippen LogP contribution in [0.5, 0.6) is 11.5 Å². The van der Waals surface area contributed by atoms with Gasteiger partial charge in [-0.1, -0.05) is 37.3 Å². The van der Waals surface area contributed by atoms with Crippen molar-refractivity contribution in [1.82, 2.24) is 4.98 Å². The van der Waals surface area contributed by atoms with E-state index in [9.17, 15) is 14.7 Å². The monoisotopic (exact) mass is 482 g/mol. The number of nitrogens with zero attached hydrogens (tertiary/aromatic N) is 1. The van der Waals surface area contributed by atoms with Crippen LogP contribution in [0, 0.1) is 0 Å². The van der Waals surface area contributed by atoms with Gasteiger partial charge in [0.05, 0.1) is 25.3 Å². The average molecular weight is 483 g/mol. The number of nitrogens with one attached hydrogen (secondary N) is 1. The Balaban J connectivity index is 1.67. The van der Waals surface area contributed by atoms with E-state index in [0.29, 0.717) is 34.9 Å².